The van der Waals surface area contributed by atoms with Gasteiger partial charge in [-0.2, -0.15) is 0 Å². The number of H-pyrrole nitrogens is 2. The Balaban J connectivity index is 1.01. The smallest absolute Gasteiger partial charge is 0.407 e. The van der Waals surface area contributed by atoms with Gasteiger partial charge in [0.05, 0.1) is 54.1 Å². The van der Waals surface area contributed by atoms with E-state index in [0.29, 0.717) is 13.1 Å². The van der Waals surface area contributed by atoms with Crippen molar-refractivity contribution in [2.24, 2.45) is 17.3 Å². The molecule has 0 radical (unpaired) electrons. The predicted molar refractivity (Wildman–Crippen MR) is 238 cm³/mol. The largest absolute Gasteiger partial charge is 0.453 e. The van der Waals surface area contributed by atoms with Crippen LogP contribution in [0.4, 0.5) is 9.59 Å². The minimum Gasteiger partial charge on any atom is -0.453 e. The number of methoxy groups -OCH3 is 2. The van der Waals surface area contributed by atoms with Crippen LogP contribution in [0.3, 0.4) is 0 Å². The fourth-order valence-electron chi connectivity index (χ4n) is 10.8. The summed E-state index contributed by atoms with van der Waals surface area (Å²) in [6.45, 7) is 8.85. The van der Waals surface area contributed by atoms with Crippen LogP contribution >= 0.6 is 0 Å². The van der Waals surface area contributed by atoms with E-state index in [0.717, 1.165) is 94.6 Å². The Morgan fingerprint density at radius 2 is 1.19 bits per heavy atom. The zero-order valence-electron chi connectivity index (χ0n) is 37.2. The molecule has 3 fully saturated rings. The molecular formula is C48H59N9O6. The maximum absolute atomic E-state index is 13.8. The zero-order valence-corrected chi connectivity index (χ0v) is 37.2. The van der Waals surface area contributed by atoms with Gasteiger partial charge in [0.15, 0.2) is 0 Å². The van der Waals surface area contributed by atoms with Crippen molar-refractivity contribution in [1.82, 2.24) is 45.4 Å². The van der Waals surface area contributed by atoms with Gasteiger partial charge in [0, 0.05) is 30.4 Å². The van der Waals surface area contributed by atoms with E-state index in [9.17, 15) is 19.2 Å². The summed E-state index contributed by atoms with van der Waals surface area (Å²) in [5, 5.41) is 5.47. The molecule has 3 aromatic heterocycles. The van der Waals surface area contributed by atoms with E-state index >= 15 is 0 Å². The van der Waals surface area contributed by atoms with Gasteiger partial charge in [-0.3, -0.25) is 14.6 Å². The third-order valence-electron chi connectivity index (χ3n) is 14.1. The summed E-state index contributed by atoms with van der Waals surface area (Å²) in [6, 6.07) is 10.8. The first kappa shape index (κ1) is 42.3. The topological polar surface area (TPSA) is 188 Å². The molecule has 2 saturated heterocycles. The lowest BCUT2D eigenvalue weighted by Gasteiger charge is -2.29. The molecule has 9 rings (SSSR count). The van der Waals surface area contributed by atoms with Crippen LogP contribution in [0.5, 0.6) is 0 Å². The van der Waals surface area contributed by atoms with Gasteiger partial charge in [0.1, 0.15) is 23.7 Å². The van der Waals surface area contributed by atoms with Gasteiger partial charge in [0.25, 0.3) is 0 Å². The lowest BCUT2D eigenvalue weighted by Crippen LogP contribution is -2.51. The van der Waals surface area contributed by atoms with Crippen LogP contribution in [0.2, 0.25) is 0 Å². The molecule has 5 heterocycles. The minimum absolute atomic E-state index is 0.114. The molecule has 4 atom stereocenters. The minimum atomic E-state index is -0.700. The van der Waals surface area contributed by atoms with Crippen LogP contribution in [0.1, 0.15) is 114 Å². The lowest BCUT2D eigenvalue weighted by atomic mass is 9.82. The SMILES string of the molecule is COC(=O)NC(C(=O)N1CCCC1c1nc2ccc(-c3cnc(-c4ccc5nc(C6CCCN6C(=O)C(NC(=O)OC)C(C)C)[nH]c5c4)c4c3CC3(CCCC3)C4)cc2[nH]1)C(C)C. The molecule has 4 N–H and O–H groups in total. The first-order valence-corrected chi connectivity index (χ1v) is 22.7. The number of pyridine rings is 1. The quantitative estimate of drug-likeness (QED) is 0.108. The molecule has 4 amide bonds. The molecule has 332 valence electrons. The first-order valence-electron chi connectivity index (χ1n) is 22.7. The van der Waals surface area contributed by atoms with Crippen molar-refractivity contribution >= 4 is 46.1 Å². The molecule has 63 heavy (non-hydrogen) atoms. The van der Waals surface area contributed by atoms with Gasteiger partial charge in [-0.1, -0.05) is 52.7 Å². The molecule has 4 unspecified atom stereocenters. The summed E-state index contributed by atoms with van der Waals surface area (Å²) < 4.78 is 9.64. The molecule has 2 aliphatic carbocycles. The highest BCUT2D eigenvalue weighted by atomic mass is 16.5. The number of ether oxygens (including phenoxy) is 2. The Kier molecular flexibility index (Phi) is 11.4. The monoisotopic (exact) mass is 857 g/mol. The highest BCUT2D eigenvalue weighted by Crippen LogP contribution is 2.53. The van der Waals surface area contributed by atoms with Crippen molar-refractivity contribution in [2.45, 2.75) is 116 Å². The van der Waals surface area contributed by atoms with E-state index in [1.807, 2.05) is 49.8 Å². The molecule has 15 nitrogen and oxygen atoms in total. The van der Waals surface area contributed by atoms with E-state index in [4.69, 9.17) is 24.4 Å². The van der Waals surface area contributed by atoms with E-state index < -0.39 is 24.3 Å². The number of likely N-dealkylation sites (tertiary alicyclic amines) is 2. The number of carbonyl (C=O) groups excluding carboxylic acids is 4. The Bertz CT molecular complexity index is 2400. The fourth-order valence-corrected chi connectivity index (χ4v) is 10.8. The maximum Gasteiger partial charge on any atom is 0.407 e. The number of nitrogens with one attached hydrogen (secondary N) is 4. The second-order valence-corrected chi connectivity index (χ2v) is 18.8. The van der Waals surface area contributed by atoms with Crippen molar-refractivity contribution in [3.8, 4) is 22.4 Å². The summed E-state index contributed by atoms with van der Waals surface area (Å²) >= 11 is 0. The van der Waals surface area contributed by atoms with Gasteiger partial charge in [-0.25, -0.2) is 19.6 Å². The number of imidazole rings is 2. The number of alkyl carbamates (subject to hydrolysis) is 2. The highest BCUT2D eigenvalue weighted by Gasteiger charge is 2.43. The molecule has 2 aromatic carbocycles. The number of aromatic amines is 2. The van der Waals surface area contributed by atoms with Gasteiger partial charge < -0.3 is 39.9 Å². The van der Waals surface area contributed by atoms with Crippen LogP contribution in [-0.4, -0.2) is 98.1 Å². The first-order chi connectivity index (χ1) is 30.4. The standard InChI is InChI=1S/C48H59N9O6/c1-26(2)39(54-46(60)62-5)44(58)56-19-9-11-37(56)42-50-33-15-13-28(21-35(33)52-42)32-25-49-41(31-24-48(23-30(31)32)17-7-8-18-48)29-14-16-34-36(22-29)53-43(51-34)38-12-10-20-57(38)45(59)40(27(3)4)55-47(61)63-6/h13-16,21-22,25-27,37-40H,7-12,17-20,23-24H2,1-6H3,(H,50,52)(H,51,53)(H,54,60)(H,55,61). The summed E-state index contributed by atoms with van der Waals surface area (Å²) in [5.74, 6) is 0.995. The van der Waals surface area contributed by atoms with E-state index in [-0.39, 0.29) is 41.1 Å². The van der Waals surface area contributed by atoms with E-state index in [1.54, 1.807) is 0 Å². The average molecular weight is 858 g/mol. The molecule has 1 saturated carbocycles. The summed E-state index contributed by atoms with van der Waals surface area (Å²) in [5.41, 5.74) is 10.6. The zero-order chi connectivity index (χ0) is 44.2. The number of amides is 4. The fraction of sp³-hybridized carbons (Fsp3) is 0.521. The van der Waals surface area contributed by atoms with Crippen LogP contribution in [0.25, 0.3) is 44.5 Å². The summed E-state index contributed by atoms with van der Waals surface area (Å²) in [6.07, 6.45) is 10.9. The summed E-state index contributed by atoms with van der Waals surface area (Å²) in [4.78, 5) is 78.0. The third-order valence-corrected chi connectivity index (χ3v) is 14.1. The summed E-state index contributed by atoms with van der Waals surface area (Å²) in [7, 11) is 2.60. The van der Waals surface area contributed by atoms with E-state index in [1.165, 1.54) is 51.0 Å². The Hall–Kier alpha value is -5.99. The normalized spacial score (nSPS) is 20.3. The Morgan fingerprint density at radius 1 is 0.698 bits per heavy atom. The third kappa shape index (κ3) is 7.88. The highest BCUT2D eigenvalue weighted by molar-refractivity contribution is 5.89. The van der Waals surface area contributed by atoms with Crippen molar-refractivity contribution in [1.29, 1.82) is 0 Å². The van der Waals surface area contributed by atoms with Crippen molar-refractivity contribution in [3.63, 3.8) is 0 Å². The number of benzene rings is 2. The Morgan fingerprint density at radius 3 is 1.70 bits per heavy atom. The average Bonchev–Trinajstić information content (AvgIpc) is 4.14. The predicted octanol–water partition coefficient (Wildman–Crippen LogP) is 7.92. The van der Waals surface area contributed by atoms with Crippen molar-refractivity contribution in [3.05, 3.63) is 65.4 Å². The second-order valence-electron chi connectivity index (χ2n) is 18.8. The molecule has 0 bridgehead atoms. The van der Waals surface area contributed by atoms with Gasteiger partial charge in [-0.05, 0) is 110 Å². The molecule has 15 heteroatoms. The van der Waals surface area contributed by atoms with Gasteiger partial charge in [-0.15, -0.1) is 0 Å². The lowest BCUT2D eigenvalue weighted by molar-refractivity contribution is -0.136. The van der Waals surface area contributed by atoms with Crippen molar-refractivity contribution in [2.75, 3.05) is 27.3 Å². The number of nitrogens with zero attached hydrogens (tertiary/aromatic N) is 5. The molecule has 5 aromatic rings. The van der Waals surface area contributed by atoms with Crippen LogP contribution < -0.4 is 10.6 Å². The number of hydrogen-bond acceptors (Lipinski definition) is 9. The van der Waals surface area contributed by atoms with Gasteiger partial charge in [0.2, 0.25) is 11.8 Å². The Labute approximate surface area is 367 Å². The van der Waals surface area contributed by atoms with Crippen LogP contribution in [0, 0.1) is 17.3 Å². The number of fused-ring (bicyclic) bond motifs is 3. The van der Waals surface area contributed by atoms with Crippen molar-refractivity contribution < 1.29 is 28.7 Å². The molecular weight excluding hydrogens is 799 g/mol. The van der Waals surface area contributed by atoms with Crippen LogP contribution in [0.15, 0.2) is 42.6 Å². The van der Waals surface area contributed by atoms with E-state index in [2.05, 4.69) is 50.9 Å². The number of carbonyl (C=O) groups is 4. The van der Waals surface area contributed by atoms with Gasteiger partial charge >= 0.3 is 12.2 Å². The number of hydrogen-bond donors (Lipinski definition) is 4. The number of rotatable bonds is 10. The second kappa shape index (κ2) is 16.9. The molecule has 1 spiro atoms. The van der Waals surface area contributed by atoms with Crippen LogP contribution in [-0.2, 0) is 31.9 Å². The molecule has 2 aliphatic heterocycles. The maximum atomic E-state index is 13.8. The molecule has 4 aliphatic rings. The number of aromatic nitrogens is 5.